The van der Waals surface area contributed by atoms with Crippen molar-refractivity contribution in [2.75, 3.05) is 26.2 Å². The fourth-order valence-corrected chi connectivity index (χ4v) is 4.40. The fraction of sp³-hybridized carbons (Fsp3) is 0.400. The van der Waals surface area contributed by atoms with Crippen molar-refractivity contribution in [2.24, 2.45) is 0 Å². The Balaban J connectivity index is 1.55. The van der Waals surface area contributed by atoms with E-state index in [-0.39, 0.29) is 31.4 Å². The molecule has 29 heavy (non-hydrogen) atoms. The SMILES string of the molecule is O=C(O)CCN1C(=O)/C(=C\c2ccc(OCC(=O)N3CCCCC3)cc2)SC1=S. The molecule has 0 aliphatic carbocycles. The first-order valence-corrected chi connectivity index (χ1v) is 10.6. The second-order valence-electron chi connectivity index (χ2n) is 6.78. The molecular weight excluding hydrogens is 412 g/mol. The van der Waals surface area contributed by atoms with Gasteiger partial charge in [0.15, 0.2) is 6.61 Å². The lowest BCUT2D eigenvalue weighted by Gasteiger charge is -2.26. The van der Waals surface area contributed by atoms with Gasteiger partial charge in [0.1, 0.15) is 10.1 Å². The highest BCUT2D eigenvalue weighted by Gasteiger charge is 2.32. The molecule has 1 aromatic carbocycles. The molecule has 1 N–H and O–H groups in total. The number of amides is 2. The van der Waals surface area contributed by atoms with Crippen LogP contribution in [0.1, 0.15) is 31.2 Å². The monoisotopic (exact) mass is 434 g/mol. The van der Waals surface area contributed by atoms with Gasteiger partial charge in [-0.15, -0.1) is 0 Å². The van der Waals surface area contributed by atoms with Gasteiger partial charge in [-0.2, -0.15) is 0 Å². The van der Waals surface area contributed by atoms with Crippen molar-refractivity contribution < 1.29 is 24.2 Å². The molecular formula is C20H22N2O5S2. The molecule has 3 rings (SSSR count). The summed E-state index contributed by atoms with van der Waals surface area (Å²) in [6, 6.07) is 7.09. The number of likely N-dealkylation sites (tertiary alicyclic amines) is 1. The molecule has 0 radical (unpaired) electrons. The quantitative estimate of drug-likeness (QED) is 0.522. The molecule has 0 aromatic heterocycles. The molecule has 2 aliphatic heterocycles. The number of carboxylic acid groups (broad SMARTS) is 1. The van der Waals surface area contributed by atoms with Gasteiger partial charge < -0.3 is 14.7 Å². The molecule has 2 fully saturated rings. The zero-order chi connectivity index (χ0) is 20.8. The van der Waals surface area contributed by atoms with Gasteiger partial charge >= 0.3 is 5.97 Å². The third-order valence-corrected chi connectivity index (χ3v) is 6.05. The molecule has 2 saturated heterocycles. The topological polar surface area (TPSA) is 87.1 Å². The number of carbonyl (C=O) groups excluding carboxylic acids is 2. The first-order valence-electron chi connectivity index (χ1n) is 9.42. The van der Waals surface area contributed by atoms with E-state index < -0.39 is 5.97 Å². The highest BCUT2D eigenvalue weighted by molar-refractivity contribution is 8.26. The minimum absolute atomic E-state index is 0.00110. The Hall–Kier alpha value is -2.39. The Morgan fingerprint density at radius 3 is 2.52 bits per heavy atom. The summed E-state index contributed by atoms with van der Waals surface area (Å²) in [7, 11) is 0. The normalized spacial score (nSPS) is 18.4. The molecule has 2 heterocycles. The Morgan fingerprint density at radius 1 is 1.17 bits per heavy atom. The van der Waals surface area contributed by atoms with Crippen molar-refractivity contribution in [3.63, 3.8) is 0 Å². The Morgan fingerprint density at radius 2 is 1.86 bits per heavy atom. The van der Waals surface area contributed by atoms with Crippen LogP contribution in [0.2, 0.25) is 0 Å². The van der Waals surface area contributed by atoms with Crippen LogP contribution in [0.5, 0.6) is 5.75 Å². The van der Waals surface area contributed by atoms with Crippen molar-refractivity contribution in [2.45, 2.75) is 25.7 Å². The molecule has 0 spiro atoms. The number of nitrogens with zero attached hydrogens (tertiary/aromatic N) is 2. The summed E-state index contributed by atoms with van der Waals surface area (Å²) < 4.78 is 5.95. The Kier molecular flexibility index (Phi) is 7.27. The Bertz CT molecular complexity index is 832. The summed E-state index contributed by atoms with van der Waals surface area (Å²) >= 11 is 6.33. The summed E-state index contributed by atoms with van der Waals surface area (Å²) in [6.45, 7) is 1.67. The van der Waals surface area contributed by atoms with Gasteiger partial charge in [0.25, 0.3) is 11.8 Å². The van der Waals surface area contributed by atoms with Crippen molar-refractivity contribution in [3.8, 4) is 5.75 Å². The number of carbonyl (C=O) groups is 3. The molecule has 2 aliphatic rings. The third kappa shape index (κ3) is 5.80. The average molecular weight is 435 g/mol. The van der Waals surface area contributed by atoms with Crippen LogP contribution in [0.15, 0.2) is 29.2 Å². The van der Waals surface area contributed by atoms with Crippen LogP contribution in [0, 0.1) is 0 Å². The second-order valence-corrected chi connectivity index (χ2v) is 8.45. The van der Waals surface area contributed by atoms with Crippen LogP contribution < -0.4 is 4.74 Å². The van der Waals surface area contributed by atoms with Crippen LogP contribution in [0.4, 0.5) is 0 Å². The summed E-state index contributed by atoms with van der Waals surface area (Å²) in [4.78, 5) is 38.9. The smallest absolute Gasteiger partial charge is 0.305 e. The van der Waals surface area contributed by atoms with Gasteiger partial charge in [0.2, 0.25) is 0 Å². The van der Waals surface area contributed by atoms with Crippen molar-refractivity contribution in [3.05, 3.63) is 34.7 Å². The molecule has 0 saturated carbocycles. The number of hydrogen-bond donors (Lipinski definition) is 1. The van der Waals surface area contributed by atoms with Crippen LogP contribution in [-0.4, -0.2) is 63.3 Å². The van der Waals surface area contributed by atoms with E-state index in [0.29, 0.717) is 15.0 Å². The number of carboxylic acids is 1. The van der Waals surface area contributed by atoms with Gasteiger partial charge in [-0.3, -0.25) is 19.3 Å². The standard InChI is InChI=1S/C20H22N2O5S2/c23-17(21-9-2-1-3-10-21)13-27-15-6-4-14(5-7-15)12-16-19(26)22(20(28)29-16)11-8-18(24)25/h4-7,12H,1-3,8-11,13H2,(H,24,25)/b16-12+. The van der Waals surface area contributed by atoms with E-state index in [1.165, 1.54) is 11.3 Å². The number of piperidine rings is 1. The zero-order valence-corrected chi connectivity index (χ0v) is 17.5. The fourth-order valence-electron chi connectivity index (χ4n) is 3.09. The van der Waals surface area contributed by atoms with Crippen LogP contribution in [0.3, 0.4) is 0 Å². The lowest BCUT2D eigenvalue weighted by molar-refractivity contribution is -0.137. The maximum atomic E-state index is 12.4. The number of aliphatic carboxylic acids is 1. The lowest BCUT2D eigenvalue weighted by Crippen LogP contribution is -2.38. The minimum Gasteiger partial charge on any atom is -0.484 e. The molecule has 0 atom stereocenters. The second kappa shape index (κ2) is 9.89. The molecule has 2 amide bonds. The molecule has 154 valence electrons. The van der Waals surface area contributed by atoms with Crippen molar-refractivity contribution >= 4 is 52.2 Å². The van der Waals surface area contributed by atoms with Crippen LogP contribution in [0.25, 0.3) is 6.08 Å². The number of hydrogen-bond acceptors (Lipinski definition) is 6. The average Bonchev–Trinajstić information content (AvgIpc) is 2.98. The lowest BCUT2D eigenvalue weighted by atomic mass is 10.1. The van der Waals surface area contributed by atoms with E-state index in [4.69, 9.17) is 22.1 Å². The van der Waals surface area contributed by atoms with Crippen molar-refractivity contribution in [1.29, 1.82) is 0 Å². The highest BCUT2D eigenvalue weighted by Crippen LogP contribution is 2.32. The highest BCUT2D eigenvalue weighted by atomic mass is 32.2. The first-order chi connectivity index (χ1) is 13.9. The minimum atomic E-state index is -0.975. The van der Waals surface area contributed by atoms with Crippen LogP contribution >= 0.6 is 24.0 Å². The predicted octanol–water partition coefficient (Wildman–Crippen LogP) is 2.75. The van der Waals surface area contributed by atoms with E-state index >= 15 is 0 Å². The number of ether oxygens (including phenoxy) is 1. The molecule has 0 unspecified atom stereocenters. The van der Waals surface area contributed by atoms with E-state index in [1.807, 2.05) is 4.90 Å². The zero-order valence-electron chi connectivity index (χ0n) is 15.8. The van der Waals surface area contributed by atoms with Gasteiger partial charge in [-0.25, -0.2) is 0 Å². The number of benzene rings is 1. The number of thioether (sulfide) groups is 1. The summed E-state index contributed by atoms with van der Waals surface area (Å²) in [6.07, 6.45) is 4.82. The molecule has 9 heteroatoms. The maximum absolute atomic E-state index is 12.4. The van der Waals surface area contributed by atoms with Gasteiger partial charge in [0, 0.05) is 19.6 Å². The summed E-state index contributed by atoms with van der Waals surface area (Å²) in [5.74, 6) is -0.675. The van der Waals surface area contributed by atoms with Gasteiger partial charge in [0.05, 0.1) is 11.3 Å². The molecule has 1 aromatic rings. The Labute approximate surface area is 178 Å². The predicted molar refractivity (Wildman–Crippen MR) is 114 cm³/mol. The molecule has 0 bridgehead atoms. The molecule has 7 nitrogen and oxygen atoms in total. The largest absolute Gasteiger partial charge is 0.484 e. The van der Waals surface area contributed by atoms with E-state index in [2.05, 4.69) is 0 Å². The number of rotatable bonds is 7. The maximum Gasteiger partial charge on any atom is 0.305 e. The van der Waals surface area contributed by atoms with Crippen molar-refractivity contribution in [1.82, 2.24) is 9.80 Å². The summed E-state index contributed by atoms with van der Waals surface area (Å²) in [5.41, 5.74) is 0.790. The van der Waals surface area contributed by atoms with E-state index in [9.17, 15) is 14.4 Å². The van der Waals surface area contributed by atoms with Gasteiger partial charge in [-0.05, 0) is 43.0 Å². The first kappa shape index (κ1) is 21.3. The van der Waals surface area contributed by atoms with E-state index in [0.717, 1.165) is 43.3 Å². The number of thiocarbonyl (C=S) groups is 1. The van der Waals surface area contributed by atoms with Gasteiger partial charge in [-0.1, -0.05) is 36.1 Å². The van der Waals surface area contributed by atoms with Crippen LogP contribution in [-0.2, 0) is 14.4 Å². The van der Waals surface area contributed by atoms with E-state index in [1.54, 1.807) is 30.3 Å². The third-order valence-electron chi connectivity index (χ3n) is 4.67. The summed E-state index contributed by atoms with van der Waals surface area (Å²) in [5, 5.41) is 8.79.